The van der Waals surface area contributed by atoms with E-state index in [1.807, 2.05) is 18.7 Å². The molecule has 0 aliphatic carbocycles. The highest BCUT2D eigenvalue weighted by atomic mass is 35.5. The van der Waals surface area contributed by atoms with Crippen LogP contribution in [0, 0.1) is 0 Å². The van der Waals surface area contributed by atoms with E-state index in [2.05, 4.69) is 5.32 Å². The summed E-state index contributed by atoms with van der Waals surface area (Å²) in [7, 11) is 0. The largest absolute Gasteiger partial charge is 0.478 e. The topological polar surface area (TPSA) is 69.6 Å². The van der Waals surface area contributed by atoms with Gasteiger partial charge in [0.25, 0.3) is 5.91 Å². The fourth-order valence-electron chi connectivity index (χ4n) is 2.43. The Morgan fingerprint density at radius 2 is 1.71 bits per heavy atom. The van der Waals surface area contributed by atoms with Gasteiger partial charge >= 0.3 is 5.97 Å². The van der Waals surface area contributed by atoms with Gasteiger partial charge in [-0.2, -0.15) is 0 Å². The van der Waals surface area contributed by atoms with E-state index in [4.69, 9.17) is 11.6 Å². The number of benzene rings is 2. The first kappa shape index (κ1) is 17.8. The second-order valence-electron chi connectivity index (χ2n) is 5.17. The van der Waals surface area contributed by atoms with Gasteiger partial charge in [0.2, 0.25) is 0 Å². The van der Waals surface area contributed by atoms with Gasteiger partial charge < -0.3 is 15.3 Å². The van der Waals surface area contributed by atoms with E-state index in [-0.39, 0.29) is 11.5 Å². The molecule has 2 aromatic carbocycles. The zero-order valence-corrected chi connectivity index (χ0v) is 14.3. The molecule has 126 valence electrons. The number of nitrogens with one attached hydrogen (secondary N) is 1. The molecule has 0 aromatic heterocycles. The van der Waals surface area contributed by atoms with Gasteiger partial charge in [-0.05, 0) is 56.3 Å². The Kier molecular flexibility index (Phi) is 5.82. The highest BCUT2D eigenvalue weighted by Gasteiger charge is 2.16. The summed E-state index contributed by atoms with van der Waals surface area (Å²) in [6.07, 6.45) is 0. The van der Waals surface area contributed by atoms with Crippen molar-refractivity contribution < 1.29 is 14.7 Å². The van der Waals surface area contributed by atoms with Gasteiger partial charge in [-0.25, -0.2) is 4.79 Å². The number of amides is 1. The number of anilines is 2. The fourth-order valence-corrected chi connectivity index (χ4v) is 2.56. The molecule has 0 radical (unpaired) electrons. The van der Waals surface area contributed by atoms with Crippen molar-refractivity contribution in [2.45, 2.75) is 13.8 Å². The molecule has 0 unspecified atom stereocenters. The van der Waals surface area contributed by atoms with E-state index in [1.54, 1.807) is 36.4 Å². The first-order valence-corrected chi connectivity index (χ1v) is 8.03. The van der Waals surface area contributed by atoms with Gasteiger partial charge in [-0.1, -0.05) is 11.6 Å². The quantitative estimate of drug-likeness (QED) is 0.824. The molecule has 0 heterocycles. The number of hydrogen-bond donors (Lipinski definition) is 2. The average Bonchev–Trinajstić information content (AvgIpc) is 2.57. The molecule has 0 bridgehead atoms. The van der Waals surface area contributed by atoms with Crippen LogP contribution in [0.3, 0.4) is 0 Å². The third-order valence-corrected chi connectivity index (χ3v) is 3.95. The fraction of sp³-hybridized carbons (Fsp3) is 0.222. The number of carbonyl (C=O) groups is 2. The molecule has 1 amide bonds. The molecule has 0 aliphatic rings. The number of aromatic carboxylic acids is 1. The van der Waals surface area contributed by atoms with Crippen molar-refractivity contribution in [2.75, 3.05) is 23.3 Å². The van der Waals surface area contributed by atoms with Crippen LogP contribution in [0.1, 0.15) is 34.6 Å². The minimum atomic E-state index is -1.03. The molecule has 0 fully saturated rings. The Balaban J connectivity index is 2.28. The summed E-state index contributed by atoms with van der Waals surface area (Å²) in [4.78, 5) is 25.7. The van der Waals surface area contributed by atoms with Crippen LogP contribution >= 0.6 is 11.6 Å². The summed E-state index contributed by atoms with van der Waals surface area (Å²) in [5.41, 5.74) is 1.68. The average molecular weight is 347 g/mol. The molecule has 2 aromatic rings. The Bertz CT molecular complexity index is 740. The molecule has 0 saturated heterocycles. The minimum absolute atomic E-state index is 0.160. The summed E-state index contributed by atoms with van der Waals surface area (Å²) in [6, 6.07) is 11.4. The first-order chi connectivity index (χ1) is 11.5. The van der Waals surface area contributed by atoms with Crippen molar-refractivity contribution in [1.29, 1.82) is 0 Å². The minimum Gasteiger partial charge on any atom is -0.478 e. The lowest BCUT2D eigenvalue weighted by atomic mass is 10.1. The highest BCUT2D eigenvalue weighted by molar-refractivity contribution is 6.30. The lowest BCUT2D eigenvalue weighted by molar-refractivity contribution is 0.0697. The maximum absolute atomic E-state index is 12.2. The maximum Gasteiger partial charge on any atom is 0.337 e. The predicted molar refractivity (Wildman–Crippen MR) is 96.4 cm³/mol. The lowest BCUT2D eigenvalue weighted by Gasteiger charge is -2.23. The van der Waals surface area contributed by atoms with Gasteiger partial charge in [0.05, 0.1) is 11.3 Å². The van der Waals surface area contributed by atoms with Gasteiger partial charge in [-0.3, -0.25) is 4.79 Å². The smallest absolute Gasteiger partial charge is 0.337 e. The SMILES string of the molecule is CCN(CC)c1ccc(NC(=O)c2ccc(Cl)cc2)cc1C(=O)O. The second kappa shape index (κ2) is 7.84. The van der Waals surface area contributed by atoms with Crippen LogP contribution in [0.25, 0.3) is 0 Å². The molecular formula is C18H19ClN2O3. The van der Waals surface area contributed by atoms with Crippen molar-refractivity contribution in [3.05, 3.63) is 58.6 Å². The number of carbonyl (C=O) groups excluding carboxylic acids is 1. The Labute approximate surface area is 145 Å². The van der Waals surface area contributed by atoms with E-state index in [1.165, 1.54) is 6.07 Å². The number of rotatable bonds is 6. The van der Waals surface area contributed by atoms with Crippen LogP contribution in [-0.2, 0) is 0 Å². The molecule has 0 spiro atoms. The number of nitrogens with zero attached hydrogens (tertiary/aromatic N) is 1. The zero-order chi connectivity index (χ0) is 17.7. The normalized spacial score (nSPS) is 10.3. The predicted octanol–water partition coefficient (Wildman–Crippen LogP) is 4.14. The summed E-state index contributed by atoms with van der Waals surface area (Å²) < 4.78 is 0. The maximum atomic E-state index is 12.2. The number of halogens is 1. The molecule has 24 heavy (non-hydrogen) atoms. The third-order valence-electron chi connectivity index (χ3n) is 3.70. The summed E-state index contributed by atoms with van der Waals surface area (Å²) in [6.45, 7) is 5.33. The zero-order valence-electron chi connectivity index (χ0n) is 13.5. The molecule has 2 N–H and O–H groups in total. The monoisotopic (exact) mass is 346 g/mol. The van der Waals surface area contributed by atoms with E-state index in [0.29, 0.717) is 35.1 Å². The van der Waals surface area contributed by atoms with Crippen LogP contribution in [0.15, 0.2) is 42.5 Å². The van der Waals surface area contributed by atoms with Crippen molar-refractivity contribution >= 4 is 34.9 Å². The van der Waals surface area contributed by atoms with E-state index in [0.717, 1.165) is 0 Å². The Hall–Kier alpha value is -2.53. The van der Waals surface area contributed by atoms with Crippen LogP contribution in [-0.4, -0.2) is 30.1 Å². The standard InChI is InChI=1S/C18H19ClN2O3/c1-3-21(4-2)16-10-9-14(11-15(16)18(23)24)20-17(22)12-5-7-13(19)8-6-12/h5-11H,3-4H2,1-2H3,(H,20,22)(H,23,24). The molecule has 6 heteroatoms. The van der Waals surface area contributed by atoms with E-state index in [9.17, 15) is 14.7 Å². The number of hydrogen-bond acceptors (Lipinski definition) is 3. The number of carboxylic acid groups (broad SMARTS) is 1. The molecule has 2 rings (SSSR count). The Morgan fingerprint density at radius 1 is 1.08 bits per heavy atom. The van der Waals surface area contributed by atoms with Gasteiger partial charge in [0, 0.05) is 29.4 Å². The summed E-state index contributed by atoms with van der Waals surface area (Å²) in [5.74, 6) is -1.35. The van der Waals surface area contributed by atoms with Crippen molar-refractivity contribution in [2.24, 2.45) is 0 Å². The van der Waals surface area contributed by atoms with Crippen molar-refractivity contribution in [3.63, 3.8) is 0 Å². The number of carboxylic acids is 1. The highest BCUT2D eigenvalue weighted by Crippen LogP contribution is 2.25. The lowest BCUT2D eigenvalue weighted by Crippen LogP contribution is -2.24. The summed E-state index contributed by atoms with van der Waals surface area (Å²) in [5, 5.41) is 12.7. The van der Waals surface area contributed by atoms with Crippen molar-refractivity contribution in [1.82, 2.24) is 0 Å². The van der Waals surface area contributed by atoms with Crippen LogP contribution in [0.5, 0.6) is 0 Å². The third kappa shape index (κ3) is 4.06. The molecule has 0 saturated carbocycles. The van der Waals surface area contributed by atoms with Crippen LogP contribution in [0.4, 0.5) is 11.4 Å². The van der Waals surface area contributed by atoms with Crippen LogP contribution < -0.4 is 10.2 Å². The van der Waals surface area contributed by atoms with Crippen molar-refractivity contribution in [3.8, 4) is 0 Å². The second-order valence-corrected chi connectivity index (χ2v) is 5.61. The van der Waals surface area contributed by atoms with Gasteiger partial charge in [-0.15, -0.1) is 0 Å². The summed E-state index contributed by atoms with van der Waals surface area (Å²) >= 11 is 5.81. The van der Waals surface area contributed by atoms with E-state index < -0.39 is 5.97 Å². The first-order valence-electron chi connectivity index (χ1n) is 7.65. The van der Waals surface area contributed by atoms with Gasteiger partial charge in [0.15, 0.2) is 0 Å². The molecule has 0 atom stereocenters. The molecule has 5 nitrogen and oxygen atoms in total. The van der Waals surface area contributed by atoms with E-state index >= 15 is 0 Å². The Morgan fingerprint density at radius 3 is 2.25 bits per heavy atom. The molecule has 0 aliphatic heterocycles. The molecular weight excluding hydrogens is 328 g/mol. The van der Waals surface area contributed by atoms with Gasteiger partial charge in [0.1, 0.15) is 0 Å². The van der Waals surface area contributed by atoms with Crippen LogP contribution in [0.2, 0.25) is 5.02 Å².